The molecule has 4 heteroatoms. The van der Waals surface area contributed by atoms with Crippen molar-refractivity contribution in [3.05, 3.63) is 162 Å². The molecule has 0 saturated carbocycles. The summed E-state index contributed by atoms with van der Waals surface area (Å²) in [5.74, 6) is 1.03. The van der Waals surface area contributed by atoms with Crippen molar-refractivity contribution in [2.45, 2.75) is 5.41 Å². The Morgan fingerprint density at radius 3 is 1.91 bits per heavy atom. The molecule has 6 aromatic carbocycles. The van der Waals surface area contributed by atoms with Crippen molar-refractivity contribution in [3.8, 4) is 39.7 Å². The molecular weight excluding hydrogens is 526 g/mol. The highest BCUT2D eigenvalue weighted by molar-refractivity contribution is 6.12. The van der Waals surface area contributed by atoms with Crippen LogP contribution in [0, 0.1) is 0 Å². The van der Waals surface area contributed by atoms with E-state index < -0.39 is 5.41 Å². The Bertz CT molecular complexity index is 2370. The van der Waals surface area contributed by atoms with Gasteiger partial charge in [-0.15, -0.1) is 10.2 Å². The number of hydrogen-bond donors (Lipinski definition) is 0. The first kappa shape index (κ1) is 22.9. The number of aromatic nitrogens is 3. The predicted octanol–water partition coefficient (Wildman–Crippen LogP) is 9.18. The van der Waals surface area contributed by atoms with Gasteiger partial charge in [0.2, 0.25) is 11.8 Å². The molecule has 0 amide bonds. The monoisotopic (exact) mass is 549 g/mol. The zero-order valence-electron chi connectivity index (χ0n) is 23.0. The molecule has 1 aliphatic heterocycles. The lowest BCUT2D eigenvalue weighted by Gasteiger charge is -2.39. The van der Waals surface area contributed by atoms with Crippen molar-refractivity contribution < 1.29 is 4.42 Å². The van der Waals surface area contributed by atoms with Gasteiger partial charge in [0, 0.05) is 21.9 Å². The first-order chi connectivity index (χ1) is 21.3. The molecular formula is C39H23N3O. The lowest BCUT2D eigenvalue weighted by Crippen LogP contribution is -2.33. The molecule has 4 nitrogen and oxygen atoms in total. The number of nitrogens with zero attached hydrogens (tertiary/aromatic N) is 3. The van der Waals surface area contributed by atoms with Crippen molar-refractivity contribution in [2.75, 3.05) is 0 Å². The normalized spacial score (nSPS) is 13.8. The molecule has 10 rings (SSSR count). The summed E-state index contributed by atoms with van der Waals surface area (Å²) >= 11 is 0. The van der Waals surface area contributed by atoms with Crippen molar-refractivity contribution in [1.82, 2.24) is 14.8 Å². The molecule has 0 unspecified atom stereocenters. The summed E-state index contributed by atoms with van der Waals surface area (Å²) < 4.78 is 8.75. The molecule has 8 aromatic rings. The van der Waals surface area contributed by atoms with Crippen molar-refractivity contribution in [2.24, 2.45) is 0 Å². The van der Waals surface area contributed by atoms with Gasteiger partial charge in [0.15, 0.2) is 0 Å². The second-order valence-electron chi connectivity index (χ2n) is 11.4. The third-order valence-corrected chi connectivity index (χ3v) is 9.39. The van der Waals surface area contributed by atoms with Crippen LogP contribution in [0.5, 0.6) is 0 Å². The number of fused-ring (bicyclic) bond motifs is 12. The zero-order valence-corrected chi connectivity index (χ0v) is 23.0. The fourth-order valence-corrected chi connectivity index (χ4v) is 7.73. The van der Waals surface area contributed by atoms with E-state index in [1.807, 2.05) is 30.3 Å². The first-order valence-corrected chi connectivity index (χ1v) is 14.6. The van der Waals surface area contributed by atoms with E-state index in [4.69, 9.17) is 4.42 Å². The average Bonchev–Trinajstić information content (AvgIpc) is 3.78. The summed E-state index contributed by atoms with van der Waals surface area (Å²) in [7, 11) is 0. The molecule has 0 saturated heterocycles. The summed E-state index contributed by atoms with van der Waals surface area (Å²) in [5, 5.41) is 11.5. The minimum absolute atomic E-state index is 0.509. The van der Waals surface area contributed by atoms with Crippen molar-refractivity contribution in [3.63, 3.8) is 0 Å². The number of para-hydroxylation sites is 2. The average molecular weight is 550 g/mol. The van der Waals surface area contributed by atoms with Crippen LogP contribution in [0.15, 0.2) is 144 Å². The van der Waals surface area contributed by atoms with Gasteiger partial charge < -0.3 is 8.98 Å². The van der Waals surface area contributed by atoms with Crippen molar-refractivity contribution in [1.29, 1.82) is 0 Å². The minimum Gasteiger partial charge on any atom is -0.416 e. The molecule has 0 N–H and O–H groups in total. The van der Waals surface area contributed by atoms with Crippen molar-refractivity contribution >= 4 is 21.8 Å². The Hall–Kier alpha value is -5.74. The fraction of sp³-hybridized carbons (Fsp3) is 0.0256. The van der Waals surface area contributed by atoms with Crippen LogP contribution in [0.3, 0.4) is 0 Å². The predicted molar refractivity (Wildman–Crippen MR) is 170 cm³/mol. The maximum atomic E-state index is 6.29. The van der Waals surface area contributed by atoms with Crippen LogP contribution in [-0.4, -0.2) is 14.8 Å². The Balaban J connectivity index is 1.35. The van der Waals surface area contributed by atoms with Gasteiger partial charge in [0.05, 0.1) is 22.1 Å². The van der Waals surface area contributed by atoms with Crippen LogP contribution in [0.2, 0.25) is 0 Å². The van der Waals surface area contributed by atoms with Gasteiger partial charge in [-0.3, -0.25) is 0 Å². The fourth-order valence-electron chi connectivity index (χ4n) is 7.73. The van der Waals surface area contributed by atoms with E-state index in [9.17, 15) is 0 Å². The topological polar surface area (TPSA) is 43.9 Å². The lowest BCUT2D eigenvalue weighted by molar-refractivity contribution is 0.584. The van der Waals surface area contributed by atoms with Gasteiger partial charge in [-0.1, -0.05) is 103 Å². The Kier molecular flexibility index (Phi) is 4.35. The number of hydrogen-bond acceptors (Lipinski definition) is 3. The number of benzene rings is 6. The Morgan fingerprint density at radius 2 is 1.12 bits per heavy atom. The molecule has 0 atom stereocenters. The van der Waals surface area contributed by atoms with E-state index >= 15 is 0 Å². The van der Waals surface area contributed by atoms with Crippen LogP contribution in [0.1, 0.15) is 22.3 Å². The third kappa shape index (κ3) is 2.80. The largest absolute Gasteiger partial charge is 0.416 e. The molecule has 2 aliphatic rings. The molecule has 2 aromatic heterocycles. The van der Waals surface area contributed by atoms with E-state index in [1.54, 1.807) is 0 Å². The first-order valence-electron chi connectivity index (χ1n) is 14.6. The molecule has 1 spiro atoms. The van der Waals surface area contributed by atoms with E-state index in [1.165, 1.54) is 60.9 Å². The van der Waals surface area contributed by atoms with Crippen LogP contribution >= 0.6 is 0 Å². The maximum Gasteiger partial charge on any atom is 0.248 e. The molecule has 200 valence electrons. The summed E-state index contributed by atoms with van der Waals surface area (Å²) in [6.45, 7) is 0. The van der Waals surface area contributed by atoms with Crippen LogP contribution < -0.4 is 0 Å². The Morgan fingerprint density at radius 1 is 0.488 bits per heavy atom. The van der Waals surface area contributed by atoms with Crippen LogP contribution in [0.4, 0.5) is 0 Å². The van der Waals surface area contributed by atoms with E-state index in [-0.39, 0.29) is 0 Å². The van der Waals surface area contributed by atoms with Crippen LogP contribution in [0.25, 0.3) is 61.5 Å². The summed E-state index contributed by atoms with van der Waals surface area (Å²) in [4.78, 5) is 0. The van der Waals surface area contributed by atoms with Gasteiger partial charge in [-0.25, -0.2) is 0 Å². The Labute approximate surface area is 247 Å². The van der Waals surface area contributed by atoms with E-state index in [0.29, 0.717) is 11.8 Å². The van der Waals surface area contributed by atoms with Gasteiger partial charge in [-0.2, -0.15) is 0 Å². The highest BCUT2D eigenvalue weighted by atomic mass is 16.4. The summed E-state index contributed by atoms with van der Waals surface area (Å²) in [5.41, 5.74) is 12.6. The lowest BCUT2D eigenvalue weighted by atomic mass is 9.65. The summed E-state index contributed by atoms with van der Waals surface area (Å²) in [6.07, 6.45) is 0. The van der Waals surface area contributed by atoms with Crippen LogP contribution in [-0.2, 0) is 5.41 Å². The summed E-state index contributed by atoms with van der Waals surface area (Å²) in [6, 6.07) is 49.9. The quantitative estimate of drug-likeness (QED) is 0.216. The SMILES string of the molecule is c1ccc(-c2nnc(-c3ccc4c(c3)C3(c5ccccc5-c5ccccc53)c3cccc5c6ccccc6n-4c35)o2)cc1. The third-order valence-electron chi connectivity index (χ3n) is 9.39. The minimum atomic E-state index is -0.509. The smallest absolute Gasteiger partial charge is 0.248 e. The highest BCUT2D eigenvalue weighted by Crippen LogP contribution is 2.61. The molecule has 0 fully saturated rings. The van der Waals surface area contributed by atoms with Gasteiger partial charge in [0.1, 0.15) is 0 Å². The second-order valence-corrected chi connectivity index (χ2v) is 11.4. The van der Waals surface area contributed by atoms with E-state index in [2.05, 4.69) is 124 Å². The van der Waals surface area contributed by atoms with Gasteiger partial charge in [0.25, 0.3) is 0 Å². The van der Waals surface area contributed by atoms with E-state index in [0.717, 1.165) is 11.1 Å². The zero-order chi connectivity index (χ0) is 28.1. The van der Waals surface area contributed by atoms with Gasteiger partial charge >= 0.3 is 0 Å². The molecule has 43 heavy (non-hydrogen) atoms. The standard InChI is InChI=1S/C39H23N3O/c1-2-11-24(12-3-1)37-40-41-38(43-37)25-21-22-35-33(23-25)39(30-17-7-4-13-26(30)27-14-5-8-18-31(27)39)32-19-10-16-29-28-15-6-9-20-34(28)42(35)36(29)32/h1-23H. The second kappa shape index (κ2) is 8.17. The maximum absolute atomic E-state index is 6.29. The highest BCUT2D eigenvalue weighted by Gasteiger charge is 2.50. The molecule has 1 aliphatic carbocycles. The molecule has 3 heterocycles. The molecule has 0 bridgehead atoms. The van der Waals surface area contributed by atoms with Gasteiger partial charge in [-0.05, 0) is 69.8 Å². The molecule has 0 radical (unpaired) electrons. The number of rotatable bonds is 2.